The Bertz CT molecular complexity index is 714. The van der Waals surface area contributed by atoms with Gasteiger partial charge in [-0.3, -0.25) is 4.79 Å². The molecule has 0 fully saturated rings. The van der Waals surface area contributed by atoms with Crippen molar-refractivity contribution >= 4 is 40.3 Å². The highest BCUT2D eigenvalue weighted by molar-refractivity contribution is 8.03. The van der Waals surface area contributed by atoms with Crippen molar-refractivity contribution in [1.29, 1.82) is 0 Å². The topological polar surface area (TPSA) is 88.2 Å². The third kappa shape index (κ3) is 5.65. The highest BCUT2D eigenvalue weighted by Gasteiger charge is 2.11. The first-order valence-electron chi connectivity index (χ1n) is 6.90. The number of hydrogen-bond acceptors (Lipinski definition) is 7. The van der Waals surface area contributed by atoms with Crippen LogP contribution in [-0.4, -0.2) is 28.1 Å². The Labute approximate surface area is 147 Å². The number of aromatic nitrogens is 1. The molecular weight excluding hydrogens is 350 g/mol. The van der Waals surface area contributed by atoms with Gasteiger partial charge in [0.25, 0.3) is 5.91 Å². The number of thiazole rings is 1. The van der Waals surface area contributed by atoms with Gasteiger partial charge in [0.05, 0.1) is 22.0 Å². The normalized spacial score (nSPS) is 12.6. The van der Waals surface area contributed by atoms with E-state index in [9.17, 15) is 9.90 Å². The molecule has 0 aliphatic heterocycles. The largest absolute Gasteiger partial charge is 0.510 e. The van der Waals surface area contributed by atoms with Gasteiger partial charge in [-0.25, -0.2) is 4.98 Å². The number of amides is 1. The van der Waals surface area contributed by atoms with Crippen LogP contribution in [0.25, 0.3) is 10.6 Å². The van der Waals surface area contributed by atoms with Crippen LogP contribution >= 0.6 is 34.4 Å². The lowest BCUT2D eigenvalue weighted by Gasteiger charge is -2.19. The molecule has 2 rings (SSSR count). The molecule has 0 spiro atoms. The number of rotatable bonds is 6. The maximum atomic E-state index is 11.1. The van der Waals surface area contributed by atoms with Gasteiger partial charge in [0.1, 0.15) is 5.76 Å². The molecule has 0 atom stereocenters. The van der Waals surface area contributed by atoms with E-state index in [0.29, 0.717) is 11.4 Å². The summed E-state index contributed by atoms with van der Waals surface area (Å²) in [5.41, 5.74) is 6.03. The Balaban J connectivity index is 1.97. The quantitative estimate of drug-likeness (QED) is 0.532. The molecular formula is C15H19N3O2S3. The predicted molar refractivity (Wildman–Crippen MR) is 98.3 cm³/mol. The van der Waals surface area contributed by atoms with Crippen molar-refractivity contribution < 1.29 is 9.90 Å². The third-order valence-electron chi connectivity index (χ3n) is 2.68. The molecule has 0 unspecified atom stereocenters. The zero-order valence-electron chi connectivity index (χ0n) is 13.1. The molecule has 2 heterocycles. The fourth-order valence-corrected chi connectivity index (χ4v) is 3.97. The summed E-state index contributed by atoms with van der Waals surface area (Å²) >= 11 is 4.20. The average molecular weight is 370 g/mol. The lowest BCUT2D eigenvalue weighted by Crippen LogP contribution is -2.37. The number of hydrogen-bond donors (Lipinski definition) is 3. The van der Waals surface area contributed by atoms with Crippen LogP contribution in [0.5, 0.6) is 0 Å². The molecule has 0 radical (unpaired) electrons. The van der Waals surface area contributed by atoms with Crippen molar-refractivity contribution in [3.8, 4) is 10.6 Å². The van der Waals surface area contributed by atoms with Gasteiger partial charge in [0, 0.05) is 16.3 Å². The molecule has 8 heteroatoms. The maximum absolute atomic E-state index is 11.1. The monoisotopic (exact) mass is 369 g/mol. The zero-order valence-corrected chi connectivity index (χ0v) is 15.6. The molecule has 1 amide bonds. The first-order chi connectivity index (χ1) is 10.7. The molecule has 0 aliphatic rings. The molecule has 2 aromatic rings. The van der Waals surface area contributed by atoms with Crippen LogP contribution in [0.1, 0.15) is 30.4 Å². The van der Waals surface area contributed by atoms with Crippen LogP contribution in [0.4, 0.5) is 0 Å². The summed E-state index contributed by atoms with van der Waals surface area (Å²) in [5.74, 6) is -0.154. The second-order valence-corrected chi connectivity index (χ2v) is 8.92. The summed E-state index contributed by atoms with van der Waals surface area (Å²) in [6, 6.07) is 3.55. The molecule has 4 N–H and O–H groups in total. The van der Waals surface area contributed by atoms with Gasteiger partial charge in [0.2, 0.25) is 0 Å². The number of nitrogens with two attached hydrogens (primary N) is 1. The molecule has 2 aromatic heterocycles. The fourth-order valence-electron chi connectivity index (χ4n) is 1.55. The van der Waals surface area contributed by atoms with Crippen molar-refractivity contribution in [2.45, 2.75) is 30.6 Å². The summed E-state index contributed by atoms with van der Waals surface area (Å²) in [7, 11) is 0. The second-order valence-electron chi connectivity index (χ2n) is 5.86. The van der Waals surface area contributed by atoms with E-state index in [-0.39, 0.29) is 11.3 Å². The summed E-state index contributed by atoms with van der Waals surface area (Å²) in [4.78, 5) is 17.1. The number of thiophene rings is 1. The fraction of sp³-hybridized carbons (Fsp3) is 0.333. The smallest absolute Gasteiger partial charge is 0.258 e. The number of carbonyl (C=O) groups excluding carboxylic acids is 1. The average Bonchev–Trinajstić information content (AvgIpc) is 3.10. The summed E-state index contributed by atoms with van der Waals surface area (Å²) in [6.07, 6.45) is 0. The van der Waals surface area contributed by atoms with Crippen LogP contribution in [0, 0.1) is 0 Å². The predicted octanol–water partition coefficient (Wildman–Crippen LogP) is 3.85. The molecule has 0 bridgehead atoms. The van der Waals surface area contributed by atoms with Crippen LogP contribution < -0.4 is 11.1 Å². The molecule has 0 saturated heterocycles. The molecule has 0 aliphatic carbocycles. The number of nitrogens with one attached hydrogen (secondary N) is 1. The second kappa shape index (κ2) is 7.48. The number of aliphatic hydroxyl groups excluding tert-OH is 1. The molecule has 23 heavy (non-hydrogen) atoms. The SMILES string of the molecule is CC(C)(C)NCC(O)=CSc1nc(-c2ccc(C(N)=O)s2)cs1. The van der Waals surface area contributed by atoms with Crippen molar-refractivity contribution in [2.75, 3.05) is 6.54 Å². The standard InChI is InChI=1S/C15H19N3O2S3/c1-15(2,3)17-6-9(19)7-21-14-18-10(8-22-14)11-4-5-12(23-11)13(16)20/h4-5,7-8,17,19H,6H2,1-3H3,(H2,16,20). The van der Waals surface area contributed by atoms with E-state index < -0.39 is 5.91 Å². The van der Waals surface area contributed by atoms with Crippen molar-refractivity contribution in [2.24, 2.45) is 5.73 Å². The van der Waals surface area contributed by atoms with E-state index >= 15 is 0 Å². The minimum atomic E-state index is -0.426. The number of primary amides is 1. The summed E-state index contributed by atoms with van der Waals surface area (Å²) in [5, 5.41) is 16.7. The number of thioether (sulfide) groups is 1. The van der Waals surface area contributed by atoms with Gasteiger partial charge in [0.15, 0.2) is 4.34 Å². The van der Waals surface area contributed by atoms with E-state index in [1.807, 2.05) is 32.2 Å². The van der Waals surface area contributed by atoms with Crippen LogP contribution in [-0.2, 0) is 0 Å². The van der Waals surface area contributed by atoms with E-state index in [2.05, 4.69) is 10.3 Å². The Kier molecular flexibility index (Phi) is 5.85. The highest BCUT2D eigenvalue weighted by atomic mass is 32.2. The van der Waals surface area contributed by atoms with Gasteiger partial charge in [-0.05, 0) is 32.9 Å². The minimum absolute atomic E-state index is 0.0435. The Morgan fingerprint density at radius 2 is 2.22 bits per heavy atom. The third-order valence-corrected chi connectivity index (χ3v) is 5.70. The van der Waals surface area contributed by atoms with Gasteiger partial charge in [-0.15, -0.1) is 22.7 Å². The zero-order chi connectivity index (χ0) is 17.0. The van der Waals surface area contributed by atoms with E-state index in [1.165, 1.54) is 34.4 Å². The van der Waals surface area contributed by atoms with E-state index in [0.717, 1.165) is 14.9 Å². The number of carbonyl (C=O) groups is 1. The van der Waals surface area contributed by atoms with Crippen LogP contribution in [0.3, 0.4) is 0 Å². The van der Waals surface area contributed by atoms with Crippen LogP contribution in [0.15, 0.2) is 33.0 Å². The molecule has 5 nitrogen and oxygen atoms in total. The van der Waals surface area contributed by atoms with Crippen LogP contribution in [0.2, 0.25) is 0 Å². The summed E-state index contributed by atoms with van der Waals surface area (Å²) < 4.78 is 0.830. The first kappa shape index (κ1) is 18.0. The van der Waals surface area contributed by atoms with E-state index in [1.54, 1.807) is 11.5 Å². The molecule has 0 saturated carbocycles. The molecule has 124 valence electrons. The highest BCUT2D eigenvalue weighted by Crippen LogP contribution is 2.32. The van der Waals surface area contributed by atoms with Gasteiger partial charge >= 0.3 is 0 Å². The minimum Gasteiger partial charge on any atom is -0.510 e. The number of nitrogens with zero attached hydrogens (tertiary/aromatic N) is 1. The lowest BCUT2D eigenvalue weighted by molar-refractivity contribution is 0.100. The summed E-state index contributed by atoms with van der Waals surface area (Å²) in [6.45, 7) is 6.55. The van der Waals surface area contributed by atoms with E-state index in [4.69, 9.17) is 5.73 Å². The van der Waals surface area contributed by atoms with Gasteiger partial charge < -0.3 is 16.2 Å². The van der Waals surface area contributed by atoms with Gasteiger partial charge in [-0.1, -0.05) is 11.8 Å². The molecule has 0 aromatic carbocycles. The first-order valence-corrected chi connectivity index (χ1v) is 9.47. The number of aliphatic hydroxyl groups is 1. The van der Waals surface area contributed by atoms with Crippen molar-refractivity contribution in [3.05, 3.63) is 33.6 Å². The Morgan fingerprint density at radius 3 is 2.83 bits per heavy atom. The maximum Gasteiger partial charge on any atom is 0.258 e. The van der Waals surface area contributed by atoms with Crippen molar-refractivity contribution in [3.63, 3.8) is 0 Å². The Morgan fingerprint density at radius 1 is 1.48 bits per heavy atom. The Hall–Kier alpha value is -1.35. The van der Waals surface area contributed by atoms with Gasteiger partial charge in [-0.2, -0.15) is 0 Å². The van der Waals surface area contributed by atoms with Crippen molar-refractivity contribution in [1.82, 2.24) is 10.3 Å². The lowest BCUT2D eigenvalue weighted by atomic mass is 10.1.